The van der Waals surface area contributed by atoms with Gasteiger partial charge in [0.1, 0.15) is 12.4 Å². The summed E-state index contributed by atoms with van der Waals surface area (Å²) in [6.07, 6.45) is 2.22. The van der Waals surface area contributed by atoms with E-state index >= 15 is 0 Å². The lowest BCUT2D eigenvalue weighted by Gasteiger charge is -2.32. The van der Waals surface area contributed by atoms with Gasteiger partial charge in [-0.25, -0.2) is 0 Å². The van der Waals surface area contributed by atoms with Crippen LogP contribution < -0.4 is 4.74 Å². The number of aryl methyl sites for hydroxylation is 2. The Morgan fingerprint density at radius 3 is 2.62 bits per heavy atom. The van der Waals surface area contributed by atoms with Crippen molar-refractivity contribution in [2.75, 3.05) is 39.8 Å². The van der Waals surface area contributed by atoms with Gasteiger partial charge in [-0.05, 0) is 62.7 Å². The largest absolute Gasteiger partial charge is 0.489 e. The number of piperazine rings is 1. The normalized spacial score (nSPS) is 16.0. The number of ether oxygens (including phenoxy) is 1. The minimum absolute atomic E-state index is 0.620. The fourth-order valence-corrected chi connectivity index (χ4v) is 3.82. The van der Waals surface area contributed by atoms with E-state index in [0.717, 1.165) is 23.2 Å². The molecule has 0 radical (unpaired) electrons. The van der Waals surface area contributed by atoms with E-state index in [1.54, 1.807) is 0 Å². The molecule has 1 aliphatic heterocycles. The fourth-order valence-electron chi connectivity index (χ4n) is 3.41. The van der Waals surface area contributed by atoms with E-state index < -0.39 is 0 Å². The Kier molecular flexibility index (Phi) is 7.12. The molecule has 0 N–H and O–H groups in total. The minimum atomic E-state index is 0.620. The third-order valence-electron chi connectivity index (χ3n) is 5.02. The monoisotopic (exact) mass is 416 g/mol. The Morgan fingerprint density at radius 2 is 1.85 bits per heavy atom. The van der Waals surface area contributed by atoms with E-state index in [9.17, 15) is 0 Å². The van der Waals surface area contributed by atoms with E-state index in [1.165, 1.54) is 49.3 Å². The lowest BCUT2D eigenvalue weighted by atomic mass is 10.1. The first-order valence-electron chi connectivity index (χ1n) is 9.48. The van der Waals surface area contributed by atoms with Crippen LogP contribution in [0.3, 0.4) is 0 Å². The number of halogens is 1. The first-order valence-corrected chi connectivity index (χ1v) is 10.3. The molecule has 0 unspecified atom stereocenters. The second kappa shape index (κ2) is 9.54. The number of likely N-dealkylation sites (N-methyl/N-ethyl adjacent to an activating group) is 1. The van der Waals surface area contributed by atoms with Crippen LogP contribution in [0.15, 0.2) is 46.9 Å². The van der Waals surface area contributed by atoms with Gasteiger partial charge in [-0.3, -0.25) is 0 Å². The summed E-state index contributed by atoms with van der Waals surface area (Å²) in [5, 5.41) is 0. The van der Waals surface area contributed by atoms with Crippen LogP contribution in [0, 0.1) is 6.92 Å². The molecule has 26 heavy (non-hydrogen) atoms. The molecule has 0 saturated carbocycles. The van der Waals surface area contributed by atoms with Gasteiger partial charge >= 0.3 is 0 Å². The average molecular weight is 417 g/mol. The van der Waals surface area contributed by atoms with Gasteiger partial charge in [-0.2, -0.15) is 0 Å². The van der Waals surface area contributed by atoms with Gasteiger partial charge in [0, 0.05) is 30.7 Å². The Hall–Kier alpha value is -1.36. The zero-order valence-corrected chi connectivity index (χ0v) is 17.5. The predicted molar refractivity (Wildman–Crippen MR) is 112 cm³/mol. The van der Waals surface area contributed by atoms with E-state index in [4.69, 9.17) is 4.74 Å². The van der Waals surface area contributed by atoms with Gasteiger partial charge in [0.15, 0.2) is 0 Å². The van der Waals surface area contributed by atoms with Crippen LogP contribution in [0.2, 0.25) is 0 Å². The molecule has 1 fully saturated rings. The van der Waals surface area contributed by atoms with E-state index in [2.05, 4.69) is 82.2 Å². The Bertz CT molecular complexity index is 711. The van der Waals surface area contributed by atoms with Crippen LogP contribution in [0.1, 0.15) is 23.1 Å². The molecule has 2 aromatic rings. The van der Waals surface area contributed by atoms with Gasteiger partial charge < -0.3 is 14.5 Å². The van der Waals surface area contributed by atoms with Crippen molar-refractivity contribution in [3.8, 4) is 5.75 Å². The maximum Gasteiger partial charge on any atom is 0.123 e. The van der Waals surface area contributed by atoms with Gasteiger partial charge in [-0.1, -0.05) is 45.8 Å². The molecule has 3 rings (SSSR count). The third-order valence-corrected chi connectivity index (χ3v) is 5.51. The van der Waals surface area contributed by atoms with Crippen LogP contribution in [0.4, 0.5) is 0 Å². The van der Waals surface area contributed by atoms with E-state index in [0.29, 0.717) is 6.61 Å². The van der Waals surface area contributed by atoms with Gasteiger partial charge in [-0.15, -0.1) is 0 Å². The summed E-state index contributed by atoms with van der Waals surface area (Å²) in [6, 6.07) is 14.9. The predicted octanol–water partition coefficient (Wildman–Crippen LogP) is 4.52. The first-order chi connectivity index (χ1) is 12.6. The van der Waals surface area contributed by atoms with Crippen molar-refractivity contribution in [1.29, 1.82) is 0 Å². The standard InChI is InChI=1S/C22H29BrN2O/c1-18-5-3-6-19(15-18)17-26-22-9-8-21(23)16-20(22)7-4-10-25-13-11-24(2)12-14-25/h3,5-6,8-9,15-16H,4,7,10-14,17H2,1-2H3. The second-order valence-electron chi connectivity index (χ2n) is 7.28. The van der Waals surface area contributed by atoms with Crippen molar-refractivity contribution in [2.24, 2.45) is 0 Å². The molecule has 2 aromatic carbocycles. The molecule has 0 aromatic heterocycles. The molecule has 1 heterocycles. The van der Waals surface area contributed by atoms with Crippen molar-refractivity contribution in [3.05, 3.63) is 63.6 Å². The van der Waals surface area contributed by atoms with Crippen molar-refractivity contribution >= 4 is 15.9 Å². The highest BCUT2D eigenvalue weighted by molar-refractivity contribution is 9.10. The number of benzene rings is 2. The molecule has 0 aliphatic carbocycles. The maximum atomic E-state index is 6.15. The van der Waals surface area contributed by atoms with Crippen LogP contribution in [-0.2, 0) is 13.0 Å². The lowest BCUT2D eigenvalue weighted by Crippen LogP contribution is -2.44. The number of nitrogens with zero attached hydrogens (tertiary/aromatic N) is 2. The Balaban J connectivity index is 1.55. The summed E-state index contributed by atoms with van der Waals surface area (Å²) in [5.74, 6) is 1.01. The van der Waals surface area contributed by atoms with Crippen molar-refractivity contribution in [3.63, 3.8) is 0 Å². The Morgan fingerprint density at radius 1 is 1.04 bits per heavy atom. The second-order valence-corrected chi connectivity index (χ2v) is 8.19. The summed E-state index contributed by atoms with van der Waals surface area (Å²) in [5.41, 5.74) is 3.78. The van der Waals surface area contributed by atoms with Gasteiger partial charge in [0.05, 0.1) is 0 Å². The summed E-state index contributed by atoms with van der Waals surface area (Å²) in [6.45, 7) is 8.64. The maximum absolute atomic E-state index is 6.15. The summed E-state index contributed by atoms with van der Waals surface area (Å²) in [4.78, 5) is 4.98. The molecular formula is C22H29BrN2O. The zero-order valence-electron chi connectivity index (χ0n) is 15.9. The molecule has 1 saturated heterocycles. The molecule has 140 valence electrons. The highest BCUT2D eigenvalue weighted by Crippen LogP contribution is 2.25. The molecule has 0 spiro atoms. The van der Waals surface area contributed by atoms with Crippen molar-refractivity contribution in [1.82, 2.24) is 9.80 Å². The summed E-state index contributed by atoms with van der Waals surface area (Å²) < 4.78 is 7.27. The topological polar surface area (TPSA) is 15.7 Å². The molecule has 0 amide bonds. The molecule has 4 heteroatoms. The quantitative estimate of drug-likeness (QED) is 0.659. The van der Waals surface area contributed by atoms with Crippen molar-refractivity contribution < 1.29 is 4.74 Å². The van der Waals surface area contributed by atoms with Crippen LogP contribution in [-0.4, -0.2) is 49.6 Å². The molecule has 0 atom stereocenters. The highest BCUT2D eigenvalue weighted by Gasteiger charge is 2.13. The van der Waals surface area contributed by atoms with Crippen LogP contribution in [0.5, 0.6) is 5.75 Å². The fraction of sp³-hybridized carbons (Fsp3) is 0.455. The van der Waals surface area contributed by atoms with Crippen LogP contribution in [0.25, 0.3) is 0 Å². The average Bonchev–Trinajstić information content (AvgIpc) is 2.63. The smallest absolute Gasteiger partial charge is 0.123 e. The van der Waals surface area contributed by atoms with Crippen LogP contribution >= 0.6 is 15.9 Å². The van der Waals surface area contributed by atoms with Gasteiger partial charge in [0.2, 0.25) is 0 Å². The third kappa shape index (κ3) is 5.83. The highest BCUT2D eigenvalue weighted by atomic mass is 79.9. The summed E-state index contributed by atoms with van der Waals surface area (Å²) >= 11 is 3.61. The van der Waals surface area contributed by atoms with Gasteiger partial charge in [0.25, 0.3) is 0 Å². The number of rotatable bonds is 7. The molecular weight excluding hydrogens is 388 g/mol. The molecule has 0 bridgehead atoms. The van der Waals surface area contributed by atoms with E-state index in [1.807, 2.05) is 0 Å². The van der Waals surface area contributed by atoms with E-state index in [-0.39, 0.29) is 0 Å². The summed E-state index contributed by atoms with van der Waals surface area (Å²) in [7, 11) is 2.21. The molecule has 3 nitrogen and oxygen atoms in total. The number of hydrogen-bond acceptors (Lipinski definition) is 3. The first kappa shape index (κ1) is 19.4. The van der Waals surface area contributed by atoms with Crippen molar-refractivity contribution in [2.45, 2.75) is 26.4 Å². The lowest BCUT2D eigenvalue weighted by molar-refractivity contribution is 0.153. The Labute approximate surface area is 166 Å². The number of hydrogen-bond donors (Lipinski definition) is 0. The SMILES string of the molecule is Cc1cccc(COc2ccc(Br)cc2CCCN2CCN(C)CC2)c1. The zero-order chi connectivity index (χ0) is 18.4. The molecule has 1 aliphatic rings. The minimum Gasteiger partial charge on any atom is -0.489 e.